The molecular weight excluding hydrogens is 409 g/mol. The van der Waals surface area contributed by atoms with E-state index in [1.807, 2.05) is 0 Å². The van der Waals surface area contributed by atoms with Gasteiger partial charge in [0, 0.05) is 17.8 Å². The zero-order chi connectivity index (χ0) is 20.8. The van der Waals surface area contributed by atoms with Gasteiger partial charge in [-0.1, -0.05) is 11.6 Å². The molecule has 3 fully saturated rings. The van der Waals surface area contributed by atoms with E-state index in [4.69, 9.17) is 16.3 Å². The molecular formula is C21H21ClFN5O2. The highest BCUT2D eigenvalue weighted by Gasteiger charge is 2.48. The lowest BCUT2D eigenvalue weighted by Crippen LogP contribution is -2.51. The lowest BCUT2D eigenvalue weighted by Gasteiger charge is -2.47. The van der Waals surface area contributed by atoms with Gasteiger partial charge >= 0.3 is 5.97 Å². The van der Waals surface area contributed by atoms with Crippen molar-refractivity contribution in [1.29, 1.82) is 0 Å². The van der Waals surface area contributed by atoms with Crippen molar-refractivity contribution in [3.63, 3.8) is 0 Å². The molecule has 3 aliphatic rings. The van der Waals surface area contributed by atoms with Crippen molar-refractivity contribution in [2.45, 2.75) is 31.7 Å². The number of anilines is 1. The molecule has 0 aliphatic heterocycles. The minimum absolute atomic E-state index is 0.160. The van der Waals surface area contributed by atoms with Gasteiger partial charge in [0.1, 0.15) is 10.7 Å². The number of methoxy groups -OCH3 is 1. The van der Waals surface area contributed by atoms with Crippen molar-refractivity contribution < 1.29 is 13.9 Å². The van der Waals surface area contributed by atoms with E-state index in [9.17, 15) is 9.18 Å². The molecule has 0 unspecified atom stereocenters. The Balaban J connectivity index is 1.50. The van der Waals surface area contributed by atoms with E-state index < -0.39 is 5.82 Å². The zero-order valence-corrected chi connectivity index (χ0v) is 17.1. The van der Waals surface area contributed by atoms with Crippen LogP contribution in [0.1, 0.15) is 25.7 Å². The van der Waals surface area contributed by atoms with Crippen LogP contribution in [0.3, 0.4) is 0 Å². The first-order valence-corrected chi connectivity index (χ1v) is 10.4. The Hall–Kier alpha value is -2.74. The third kappa shape index (κ3) is 3.19. The molecule has 3 heterocycles. The van der Waals surface area contributed by atoms with Gasteiger partial charge in [-0.2, -0.15) is 0 Å². The Morgan fingerprint density at radius 2 is 2.00 bits per heavy atom. The molecule has 7 nitrogen and oxygen atoms in total. The van der Waals surface area contributed by atoms with E-state index in [0.29, 0.717) is 34.0 Å². The normalized spacial score (nSPS) is 25.4. The fourth-order valence-corrected chi connectivity index (χ4v) is 5.21. The number of ether oxygens (including phenoxy) is 1. The summed E-state index contributed by atoms with van der Waals surface area (Å²) in [5, 5.41) is 3.59. The first kappa shape index (κ1) is 19.2. The van der Waals surface area contributed by atoms with Crippen LogP contribution >= 0.6 is 11.6 Å². The van der Waals surface area contributed by atoms with Gasteiger partial charge in [0.2, 0.25) is 0 Å². The number of halogens is 2. The molecule has 0 radical (unpaired) electrons. The number of esters is 1. The molecule has 9 heteroatoms. The summed E-state index contributed by atoms with van der Waals surface area (Å²) < 4.78 is 19.8. The van der Waals surface area contributed by atoms with Crippen molar-refractivity contribution in [2.75, 3.05) is 12.4 Å². The van der Waals surface area contributed by atoms with Gasteiger partial charge in [0.15, 0.2) is 11.5 Å². The highest BCUT2D eigenvalue weighted by molar-refractivity contribution is 6.29. The van der Waals surface area contributed by atoms with Crippen LogP contribution in [-0.4, -0.2) is 39.1 Å². The van der Waals surface area contributed by atoms with Crippen LogP contribution < -0.4 is 5.32 Å². The standard InChI is InChI=1S/C21H21ClFN5O2/c1-30-21(29)17-10-2-4-11(5-3-10)18(17)27-15-6-14(24-8-13(15)23)12-7-25-20-19(12)28-16(22)9-26-20/h6-11,17-18H,2-5H2,1H3,(H,24,27)(H,25,26)/t10?,11?,17-,18-/m0/s1. The number of rotatable bonds is 4. The number of nitrogens with one attached hydrogen (secondary N) is 2. The largest absolute Gasteiger partial charge is 0.469 e. The molecule has 3 saturated carbocycles. The number of fused-ring (bicyclic) bond motifs is 4. The average molecular weight is 430 g/mol. The van der Waals surface area contributed by atoms with E-state index in [-0.39, 0.29) is 29.0 Å². The molecule has 2 N–H and O–H groups in total. The maximum atomic E-state index is 14.7. The summed E-state index contributed by atoms with van der Waals surface area (Å²) in [7, 11) is 1.41. The molecule has 0 amide bonds. The molecule has 156 valence electrons. The van der Waals surface area contributed by atoms with Gasteiger partial charge in [-0.05, 0) is 43.6 Å². The van der Waals surface area contributed by atoms with Crippen molar-refractivity contribution >= 4 is 34.4 Å². The number of aromatic nitrogens is 4. The van der Waals surface area contributed by atoms with Gasteiger partial charge in [0.05, 0.1) is 36.8 Å². The van der Waals surface area contributed by atoms with Gasteiger partial charge < -0.3 is 15.0 Å². The second-order valence-electron chi connectivity index (χ2n) is 8.04. The van der Waals surface area contributed by atoms with Crippen LogP contribution in [0.25, 0.3) is 22.4 Å². The molecule has 3 aliphatic carbocycles. The third-order valence-electron chi connectivity index (χ3n) is 6.50. The quantitative estimate of drug-likeness (QED) is 0.604. The Labute approximate surface area is 177 Å². The van der Waals surface area contributed by atoms with E-state index in [0.717, 1.165) is 25.7 Å². The number of nitrogens with zero attached hydrogens (tertiary/aromatic N) is 3. The molecule has 3 aromatic heterocycles. The van der Waals surface area contributed by atoms with Gasteiger partial charge in [-0.25, -0.2) is 14.4 Å². The summed E-state index contributed by atoms with van der Waals surface area (Å²) in [6, 6.07) is 1.49. The Kier molecular flexibility index (Phi) is 4.81. The van der Waals surface area contributed by atoms with Crippen molar-refractivity contribution in [3.8, 4) is 11.3 Å². The van der Waals surface area contributed by atoms with Crippen LogP contribution in [0.2, 0.25) is 5.15 Å². The fraction of sp³-hybridized carbons (Fsp3) is 0.429. The van der Waals surface area contributed by atoms with Crippen LogP contribution in [0.5, 0.6) is 0 Å². The number of aromatic amines is 1. The monoisotopic (exact) mass is 429 g/mol. The average Bonchev–Trinajstić information content (AvgIpc) is 3.18. The third-order valence-corrected chi connectivity index (χ3v) is 6.68. The van der Waals surface area contributed by atoms with Crippen LogP contribution in [0.15, 0.2) is 24.7 Å². The van der Waals surface area contributed by atoms with Gasteiger partial charge in [0.25, 0.3) is 0 Å². The van der Waals surface area contributed by atoms with E-state index in [2.05, 4.69) is 25.3 Å². The minimum Gasteiger partial charge on any atom is -0.469 e. The first-order chi connectivity index (χ1) is 14.5. The van der Waals surface area contributed by atoms with Crippen LogP contribution in [0.4, 0.5) is 10.1 Å². The van der Waals surface area contributed by atoms with Gasteiger partial charge in [-0.15, -0.1) is 0 Å². The summed E-state index contributed by atoms with van der Waals surface area (Å²) in [5.41, 5.74) is 2.67. The zero-order valence-electron chi connectivity index (χ0n) is 16.4. The SMILES string of the molecule is COC(=O)[C@H]1C2CCC(CC2)[C@@H]1Nc1cc(-c2c[nH]c3ncc(Cl)nc23)ncc1F. The summed E-state index contributed by atoms with van der Waals surface area (Å²) in [6.45, 7) is 0. The lowest BCUT2D eigenvalue weighted by atomic mass is 9.61. The Bertz CT molecular complexity index is 1110. The molecule has 0 saturated heterocycles. The molecule has 0 spiro atoms. The number of hydrogen-bond acceptors (Lipinski definition) is 6. The molecule has 30 heavy (non-hydrogen) atoms. The highest BCUT2D eigenvalue weighted by Crippen LogP contribution is 2.47. The summed E-state index contributed by atoms with van der Waals surface area (Å²) in [6.07, 6.45) is 8.47. The van der Waals surface area contributed by atoms with Crippen molar-refractivity contribution in [3.05, 3.63) is 35.6 Å². The molecule has 2 bridgehead atoms. The Morgan fingerprint density at radius 1 is 1.23 bits per heavy atom. The van der Waals surface area contributed by atoms with E-state index in [1.54, 1.807) is 12.3 Å². The summed E-state index contributed by atoms with van der Waals surface area (Å²) in [4.78, 5) is 28.3. The highest BCUT2D eigenvalue weighted by atomic mass is 35.5. The molecule has 0 aromatic carbocycles. The lowest BCUT2D eigenvalue weighted by molar-refractivity contribution is -0.152. The number of pyridine rings is 1. The fourth-order valence-electron chi connectivity index (χ4n) is 5.07. The van der Waals surface area contributed by atoms with E-state index >= 15 is 0 Å². The Morgan fingerprint density at radius 3 is 2.77 bits per heavy atom. The number of H-pyrrole nitrogens is 1. The molecule has 3 aromatic rings. The topological polar surface area (TPSA) is 92.8 Å². The number of hydrogen-bond donors (Lipinski definition) is 2. The van der Waals surface area contributed by atoms with Gasteiger partial charge in [-0.3, -0.25) is 9.78 Å². The van der Waals surface area contributed by atoms with Crippen LogP contribution in [-0.2, 0) is 9.53 Å². The number of carbonyl (C=O) groups is 1. The van der Waals surface area contributed by atoms with E-state index in [1.165, 1.54) is 19.5 Å². The maximum Gasteiger partial charge on any atom is 0.311 e. The molecule has 6 rings (SSSR count). The molecule has 2 atom stereocenters. The summed E-state index contributed by atoms with van der Waals surface area (Å²) in [5.74, 6) is -0.370. The van der Waals surface area contributed by atoms with Crippen LogP contribution in [0, 0.1) is 23.6 Å². The minimum atomic E-state index is -0.465. The smallest absolute Gasteiger partial charge is 0.311 e. The predicted molar refractivity (Wildman–Crippen MR) is 110 cm³/mol. The first-order valence-electron chi connectivity index (χ1n) is 10.0. The van der Waals surface area contributed by atoms with Crippen molar-refractivity contribution in [1.82, 2.24) is 19.9 Å². The van der Waals surface area contributed by atoms with Crippen molar-refractivity contribution in [2.24, 2.45) is 17.8 Å². The maximum absolute atomic E-state index is 14.7. The second kappa shape index (κ2) is 7.50. The predicted octanol–water partition coefficient (Wildman–Crippen LogP) is 4.20. The summed E-state index contributed by atoms with van der Waals surface area (Å²) >= 11 is 5.99. The second-order valence-corrected chi connectivity index (χ2v) is 8.42. The number of carbonyl (C=O) groups excluding carboxylic acids is 1.